The Bertz CT molecular complexity index is 616. The molecule has 0 aliphatic carbocycles. The van der Waals surface area contributed by atoms with Gasteiger partial charge in [-0.05, 0) is 6.07 Å². The fraction of sp³-hybridized carbons (Fsp3) is 0. The quantitative estimate of drug-likeness (QED) is 0.735. The average Bonchev–Trinajstić information content (AvgIpc) is 2.56. The Morgan fingerprint density at radius 3 is 2.06 bits per heavy atom. The molecule has 0 N–H and O–H groups in total. The zero-order valence-corrected chi connectivity index (χ0v) is 10.8. The van der Waals surface area contributed by atoms with Gasteiger partial charge < -0.3 is 0 Å². The molecule has 2 aromatic rings. The first-order valence-corrected chi connectivity index (χ1v) is 6.11. The average molecular weight is 311 g/mol. The van der Waals surface area contributed by atoms with Gasteiger partial charge in [-0.25, -0.2) is 13.2 Å². The predicted octanol–water partition coefficient (Wildman–Crippen LogP) is 4.70. The maximum atomic E-state index is 13.4. The number of ketones is 1. The van der Waals surface area contributed by atoms with Crippen LogP contribution in [0.2, 0.25) is 8.67 Å². The normalized spacial score (nSPS) is 10.7. The van der Waals surface area contributed by atoms with Crippen LogP contribution in [0.25, 0.3) is 0 Å². The molecule has 18 heavy (non-hydrogen) atoms. The third kappa shape index (κ3) is 2.39. The summed E-state index contributed by atoms with van der Waals surface area (Å²) in [7, 11) is 0. The Labute approximate surface area is 114 Å². The lowest BCUT2D eigenvalue weighted by Gasteiger charge is -2.03. The van der Waals surface area contributed by atoms with Crippen molar-refractivity contribution in [2.24, 2.45) is 0 Å². The first-order chi connectivity index (χ1) is 8.40. The third-order valence-corrected chi connectivity index (χ3v) is 3.62. The number of thiophene rings is 1. The highest BCUT2D eigenvalue weighted by molar-refractivity contribution is 7.20. The lowest BCUT2D eigenvalue weighted by atomic mass is 10.0. The summed E-state index contributed by atoms with van der Waals surface area (Å²) in [5, 5.41) is 0. The highest BCUT2D eigenvalue weighted by Crippen LogP contribution is 2.33. The summed E-state index contributed by atoms with van der Waals surface area (Å²) in [5.41, 5.74) is -0.969. The number of hydrogen-bond acceptors (Lipinski definition) is 2. The molecule has 1 aromatic heterocycles. The summed E-state index contributed by atoms with van der Waals surface area (Å²) in [6.45, 7) is 0. The van der Waals surface area contributed by atoms with Crippen LogP contribution in [-0.2, 0) is 0 Å². The van der Waals surface area contributed by atoms with Gasteiger partial charge in [0.05, 0.1) is 15.5 Å². The van der Waals surface area contributed by atoms with Crippen molar-refractivity contribution in [3.8, 4) is 0 Å². The number of rotatable bonds is 2. The molecule has 0 bridgehead atoms. The summed E-state index contributed by atoms with van der Waals surface area (Å²) in [6.07, 6.45) is 0. The van der Waals surface area contributed by atoms with Crippen LogP contribution in [-0.4, -0.2) is 5.78 Å². The van der Waals surface area contributed by atoms with E-state index in [1.807, 2.05) is 0 Å². The van der Waals surface area contributed by atoms with E-state index in [2.05, 4.69) is 0 Å². The summed E-state index contributed by atoms with van der Waals surface area (Å²) in [6, 6.07) is 2.06. The molecule has 0 aliphatic heterocycles. The van der Waals surface area contributed by atoms with Gasteiger partial charge in [0.2, 0.25) is 5.78 Å². The zero-order valence-electron chi connectivity index (χ0n) is 8.44. The molecule has 0 aliphatic rings. The van der Waals surface area contributed by atoms with Crippen molar-refractivity contribution in [3.63, 3.8) is 0 Å². The largest absolute Gasteiger partial charge is 0.288 e. The second-order valence-electron chi connectivity index (χ2n) is 3.31. The fourth-order valence-corrected chi connectivity index (χ4v) is 2.85. The van der Waals surface area contributed by atoms with E-state index in [1.54, 1.807) is 0 Å². The molecule has 0 unspecified atom stereocenters. The predicted molar refractivity (Wildman–Crippen MR) is 64.1 cm³/mol. The maximum absolute atomic E-state index is 13.4. The molecule has 0 saturated carbocycles. The zero-order chi connectivity index (χ0) is 13.4. The molecule has 0 spiro atoms. The molecule has 0 fully saturated rings. The van der Waals surface area contributed by atoms with Gasteiger partial charge in [-0.3, -0.25) is 4.79 Å². The Kier molecular flexibility index (Phi) is 3.66. The van der Waals surface area contributed by atoms with Gasteiger partial charge in [-0.15, -0.1) is 11.3 Å². The van der Waals surface area contributed by atoms with Crippen molar-refractivity contribution in [3.05, 3.63) is 55.5 Å². The van der Waals surface area contributed by atoms with Gasteiger partial charge in [0, 0.05) is 12.1 Å². The van der Waals surface area contributed by atoms with E-state index < -0.39 is 28.8 Å². The molecule has 0 atom stereocenters. The van der Waals surface area contributed by atoms with Crippen LogP contribution in [0.4, 0.5) is 13.2 Å². The fourth-order valence-electron chi connectivity index (χ4n) is 1.39. The molecule has 1 aromatic carbocycles. The van der Waals surface area contributed by atoms with Crippen LogP contribution in [0.15, 0.2) is 18.2 Å². The van der Waals surface area contributed by atoms with Gasteiger partial charge in [0.1, 0.15) is 21.8 Å². The molecule has 0 amide bonds. The molecule has 94 valence electrons. The maximum Gasteiger partial charge on any atom is 0.201 e. The van der Waals surface area contributed by atoms with E-state index in [0.717, 1.165) is 11.3 Å². The number of benzene rings is 1. The number of halogens is 5. The minimum atomic E-state index is -1.28. The standard InChI is InChI=1S/C11H3Cl2F3OS/c12-8-3-5(11(13)18-8)10(17)9-6(15)1-4(14)2-7(9)16/h1-3H. The Balaban J connectivity index is 2.56. The van der Waals surface area contributed by atoms with E-state index in [9.17, 15) is 18.0 Å². The molecule has 7 heteroatoms. The molecule has 0 saturated heterocycles. The van der Waals surface area contributed by atoms with Gasteiger partial charge >= 0.3 is 0 Å². The van der Waals surface area contributed by atoms with Gasteiger partial charge in [0.25, 0.3) is 0 Å². The van der Waals surface area contributed by atoms with Crippen molar-refractivity contribution in [1.82, 2.24) is 0 Å². The second kappa shape index (κ2) is 4.91. The molecule has 0 radical (unpaired) electrons. The molecule has 2 rings (SSSR count). The van der Waals surface area contributed by atoms with E-state index in [-0.39, 0.29) is 14.2 Å². The number of hydrogen-bond donors (Lipinski definition) is 0. The van der Waals surface area contributed by atoms with E-state index in [4.69, 9.17) is 23.2 Å². The van der Waals surface area contributed by atoms with Crippen LogP contribution in [0.1, 0.15) is 15.9 Å². The highest BCUT2D eigenvalue weighted by atomic mass is 35.5. The van der Waals surface area contributed by atoms with Crippen LogP contribution >= 0.6 is 34.5 Å². The van der Waals surface area contributed by atoms with Crippen molar-refractivity contribution < 1.29 is 18.0 Å². The highest BCUT2D eigenvalue weighted by Gasteiger charge is 2.23. The minimum Gasteiger partial charge on any atom is -0.288 e. The number of carbonyl (C=O) groups is 1. The van der Waals surface area contributed by atoms with Crippen LogP contribution in [0, 0.1) is 17.5 Å². The van der Waals surface area contributed by atoms with Crippen molar-refractivity contribution >= 4 is 40.3 Å². The van der Waals surface area contributed by atoms with Crippen molar-refractivity contribution in [2.45, 2.75) is 0 Å². The summed E-state index contributed by atoms with van der Waals surface area (Å²) in [4.78, 5) is 11.9. The van der Waals surface area contributed by atoms with Crippen LogP contribution < -0.4 is 0 Å². The lowest BCUT2D eigenvalue weighted by molar-refractivity contribution is 0.103. The Morgan fingerprint density at radius 1 is 1.06 bits per heavy atom. The minimum absolute atomic E-state index is 0.0214. The monoisotopic (exact) mass is 310 g/mol. The summed E-state index contributed by atoms with van der Waals surface area (Å²) >= 11 is 12.3. The summed E-state index contributed by atoms with van der Waals surface area (Å²) in [5.74, 6) is -4.64. The molecular weight excluding hydrogens is 308 g/mol. The first kappa shape index (κ1) is 13.4. The van der Waals surface area contributed by atoms with E-state index in [0.29, 0.717) is 12.1 Å². The van der Waals surface area contributed by atoms with Crippen LogP contribution in [0.5, 0.6) is 0 Å². The Hall–Kier alpha value is -1.04. The Morgan fingerprint density at radius 2 is 1.61 bits per heavy atom. The third-order valence-electron chi connectivity index (χ3n) is 2.14. The van der Waals surface area contributed by atoms with E-state index >= 15 is 0 Å². The topological polar surface area (TPSA) is 17.1 Å². The molecular formula is C11H3Cl2F3OS. The lowest BCUT2D eigenvalue weighted by Crippen LogP contribution is -2.07. The second-order valence-corrected chi connectivity index (χ2v) is 5.60. The first-order valence-electron chi connectivity index (χ1n) is 4.54. The van der Waals surface area contributed by atoms with Gasteiger partial charge in [0.15, 0.2) is 0 Å². The van der Waals surface area contributed by atoms with Crippen molar-refractivity contribution in [2.75, 3.05) is 0 Å². The molecule has 1 nitrogen and oxygen atoms in total. The van der Waals surface area contributed by atoms with Gasteiger partial charge in [-0.1, -0.05) is 23.2 Å². The summed E-state index contributed by atoms with van der Waals surface area (Å²) < 4.78 is 39.8. The van der Waals surface area contributed by atoms with Crippen molar-refractivity contribution in [1.29, 1.82) is 0 Å². The SMILES string of the molecule is O=C(c1cc(Cl)sc1Cl)c1c(F)cc(F)cc1F. The van der Waals surface area contributed by atoms with E-state index in [1.165, 1.54) is 6.07 Å². The smallest absolute Gasteiger partial charge is 0.201 e. The number of carbonyl (C=O) groups excluding carboxylic acids is 1. The van der Waals surface area contributed by atoms with Crippen LogP contribution in [0.3, 0.4) is 0 Å². The van der Waals surface area contributed by atoms with Gasteiger partial charge in [-0.2, -0.15) is 0 Å². The molecule has 1 heterocycles.